The molecule has 4 aromatic rings. The zero-order valence-electron chi connectivity index (χ0n) is 23.7. The van der Waals surface area contributed by atoms with Crippen molar-refractivity contribution in [3.05, 3.63) is 71.8 Å². The minimum atomic E-state index is -1.19. The number of anilines is 1. The van der Waals surface area contributed by atoms with Gasteiger partial charge in [-0.1, -0.05) is 6.07 Å². The summed E-state index contributed by atoms with van der Waals surface area (Å²) in [6.45, 7) is 4.41. The van der Waals surface area contributed by atoms with Crippen LogP contribution in [0, 0.1) is 28.8 Å². The van der Waals surface area contributed by atoms with E-state index in [9.17, 15) is 18.8 Å². The van der Waals surface area contributed by atoms with Crippen LogP contribution >= 0.6 is 0 Å². The van der Waals surface area contributed by atoms with Crippen LogP contribution in [0.25, 0.3) is 22.3 Å². The van der Waals surface area contributed by atoms with Gasteiger partial charge in [-0.05, 0) is 64.1 Å². The quantitative estimate of drug-likeness (QED) is 0.229. The minimum absolute atomic E-state index is 0.0279. The normalized spacial score (nSPS) is 15.9. The molecule has 0 radical (unpaired) electrons. The maximum Gasteiger partial charge on any atom is 0.264 e. The molecule has 1 saturated heterocycles. The fourth-order valence-electron chi connectivity index (χ4n) is 4.96. The molecule has 1 fully saturated rings. The molecule has 2 aromatic carbocycles. The lowest BCUT2D eigenvalue weighted by Crippen LogP contribution is -2.42. The third kappa shape index (κ3) is 5.87. The van der Waals surface area contributed by atoms with Crippen molar-refractivity contribution in [1.29, 1.82) is 5.26 Å². The molecule has 10 nitrogen and oxygen atoms in total. The van der Waals surface area contributed by atoms with E-state index in [1.807, 2.05) is 19.9 Å². The Bertz CT molecular complexity index is 1780. The predicted molar refractivity (Wildman–Crippen MR) is 153 cm³/mol. The number of ether oxygens (including phenoxy) is 1. The van der Waals surface area contributed by atoms with Crippen LogP contribution in [0.4, 0.5) is 19.0 Å². The SMILES string of the molecule is CNC(C)(C)/C=C(/C#N)C(=O)N1CCC[C@H](n2nc(-c3ccc(Oc4cccc(F)c4F)cc3F)c3c(N)ncnc32)C1. The molecule has 13 heteroatoms. The summed E-state index contributed by atoms with van der Waals surface area (Å²) in [7, 11) is 1.74. The molecule has 43 heavy (non-hydrogen) atoms. The van der Waals surface area contributed by atoms with Gasteiger partial charge in [-0.15, -0.1) is 0 Å². The molecule has 3 N–H and O–H groups in total. The lowest BCUT2D eigenvalue weighted by Gasteiger charge is -2.33. The van der Waals surface area contributed by atoms with Crippen LogP contribution in [-0.4, -0.2) is 56.2 Å². The zero-order chi connectivity index (χ0) is 30.9. The molecule has 0 unspecified atom stereocenters. The summed E-state index contributed by atoms with van der Waals surface area (Å²) in [5, 5.41) is 17.8. The minimum Gasteiger partial charge on any atom is -0.454 e. The van der Waals surface area contributed by atoms with E-state index >= 15 is 4.39 Å². The number of amides is 1. The molecule has 222 valence electrons. The Morgan fingerprint density at radius 2 is 2.00 bits per heavy atom. The van der Waals surface area contributed by atoms with Crippen LogP contribution in [0.2, 0.25) is 0 Å². The Hall–Kier alpha value is -4.96. The first-order valence-electron chi connectivity index (χ1n) is 13.5. The third-order valence-corrected chi connectivity index (χ3v) is 7.39. The van der Waals surface area contributed by atoms with Crippen molar-refractivity contribution in [3.63, 3.8) is 0 Å². The average molecular weight is 591 g/mol. The number of halogens is 3. The number of likely N-dealkylation sites (N-methyl/N-ethyl adjacent to an activating group) is 1. The monoisotopic (exact) mass is 590 g/mol. The number of hydrogen-bond acceptors (Lipinski definition) is 8. The van der Waals surface area contributed by atoms with Gasteiger partial charge in [-0.25, -0.2) is 23.4 Å². The second-order valence-electron chi connectivity index (χ2n) is 10.7. The van der Waals surface area contributed by atoms with Crippen LogP contribution < -0.4 is 15.8 Å². The van der Waals surface area contributed by atoms with E-state index in [-0.39, 0.29) is 46.7 Å². The van der Waals surface area contributed by atoms with Gasteiger partial charge in [0.1, 0.15) is 41.0 Å². The van der Waals surface area contributed by atoms with Crippen molar-refractivity contribution in [3.8, 4) is 28.8 Å². The number of hydrogen-bond donors (Lipinski definition) is 2. The average Bonchev–Trinajstić information content (AvgIpc) is 3.39. The number of nitrogen functional groups attached to an aromatic ring is 1. The Kier molecular flexibility index (Phi) is 8.06. The fraction of sp³-hybridized carbons (Fsp3) is 0.300. The van der Waals surface area contributed by atoms with E-state index in [4.69, 9.17) is 15.6 Å². The molecule has 2 aromatic heterocycles. The van der Waals surface area contributed by atoms with Crippen LogP contribution in [0.5, 0.6) is 11.5 Å². The Morgan fingerprint density at radius 3 is 2.72 bits per heavy atom. The highest BCUT2D eigenvalue weighted by Crippen LogP contribution is 2.37. The van der Waals surface area contributed by atoms with E-state index in [0.717, 1.165) is 12.1 Å². The molecule has 5 rings (SSSR count). The van der Waals surface area contributed by atoms with Crippen LogP contribution in [0.15, 0.2) is 54.4 Å². The van der Waals surface area contributed by atoms with Gasteiger partial charge in [0, 0.05) is 30.3 Å². The molecule has 0 saturated carbocycles. The molecule has 1 atom stereocenters. The number of nitrogens with zero attached hydrogens (tertiary/aromatic N) is 6. The van der Waals surface area contributed by atoms with Gasteiger partial charge in [-0.3, -0.25) is 4.79 Å². The first-order valence-corrected chi connectivity index (χ1v) is 13.5. The lowest BCUT2D eigenvalue weighted by molar-refractivity contribution is -0.128. The number of nitrogens with two attached hydrogens (primary N) is 1. The summed E-state index contributed by atoms with van der Waals surface area (Å²) in [4.78, 5) is 23.4. The van der Waals surface area contributed by atoms with Gasteiger partial charge in [0.25, 0.3) is 5.91 Å². The third-order valence-electron chi connectivity index (χ3n) is 7.39. The first kappa shape index (κ1) is 29.5. The fourth-order valence-corrected chi connectivity index (χ4v) is 4.96. The standard InChI is InChI=1S/C30H29F3N8O2/c1-30(2,36-3)13-17(14-34)29(42)40-11-5-6-18(15-40)41-28-24(27(35)37-16-38-28)26(39-41)20-10-9-19(12-22(20)32)43-23-8-4-7-21(31)25(23)33/h4,7-10,12-13,16,18,36H,5-6,11,15H2,1-3H3,(H2,35,37,38)/b17-13-/t18-/m0/s1. The molecule has 1 aliphatic heterocycles. The zero-order valence-corrected chi connectivity index (χ0v) is 23.7. The topological polar surface area (TPSA) is 135 Å². The van der Waals surface area contributed by atoms with Gasteiger partial charge >= 0.3 is 0 Å². The van der Waals surface area contributed by atoms with Crippen LogP contribution in [-0.2, 0) is 4.79 Å². The number of likely N-dealkylation sites (tertiary alicyclic amines) is 1. The van der Waals surface area contributed by atoms with E-state index in [2.05, 4.69) is 15.3 Å². The Balaban J connectivity index is 1.48. The summed E-state index contributed by atoms with van der Waals surface area (Å²) >= 11 is 0. The molecule has 0 bridgehead atoms. The summed E-state index contributed by atoms with van der Waals surface area (Å²) < 4.78 is 50.2. The summed E-state index contributed by atoms with van der Waals surface area (Å²) in [6, 6.07) is 8.96. The number of nitrogens with one attached hydrogen (secondary N) is 1. The Labute approximate surface area is 245 Å². The van der Waals surface area contributed by atoms with Crippen molar-refractivity contribution >= 4 is 22.8 Å². The smallest absolute Gasteiger partial charge is 0.264 e. The highest BCUT2D eigenvalue weighted by molar-refractivity contribution is 5.99. The lowest BCUT2D eigenvalue weighted by atomic mass is 10.00. The summed E-state index contributed by atoms with van der Waals surface area (Å²) in [5.41, 5.74) is 6.27. The number of piperidine rings is 1. The van der Waals surface area contributed by atoms with Crippen molar-refractivity contribution in [1.82, 2.24) is 30.0 Å². The highest BCUT2D eigenvalue weighted by atomic mass is 19.2. The van der Waals surface area contributed by atoms with Crippen LogP contribution in [0.3, 0.4) is 0 Å². The largest absolute Gasteiger partial charge is 0.454 e. The van der Waals surface area contributed by atoms with E-state index in [1.165, 1.54) is 30.6 Å². The van der Waals surface area contributed by atoms with Gasteiger partial charge in [-0.2, -0.15) is 14.8 Å². The second kappa shape index (κ2) is 11.7. The molecular weight excluding hydrogens is 561 g/mol. The number of rotatable bonds is 7. The maximum absolute atomic E-state index is 15.5. The highest BCUT2D eigenvalue weighted by Gasteiger charge is 2.31. The second-order valence-corrected chi connectivity index (χ2v) is 10.7. The van der Waals surface area contributed by atoms with Gasteiger partial charge in [0.05, 0.1) is 11.4 Å². The summed E-state index contributed by atoms with van der Waals surface area (Å²) in [6.07, 6.45) is 4.17. The van der Waals surface area contributed by atoms with Crippen molar-refractivity contribution in [2.45, 2.75) is 38.3 Å². The van der Waals surface area contributed by atoms with Gasteiger partial charge in [0.2, 0.25) is 5.82 Å². The van der Waals surface area contributed by atoms with Crippen LogP contribution in [0.1, 0.15) is 32.7 Å². The number of fused-ring (bicyclic) bond motifs is 1. The molecule has 3 heterocycles. The number of carbonyl (C=O) groups is 1. The first-order chi connectivity index (χ1) is 20.5. The van der Waals surface area contributed by atoms with Crippen molar-refractivity contribution in [2.75, 3.05) is 25.9 Å². The molecule has 1 aliphatic rings. The van der Waals surface area contributed by atoms with Crippen molar-refractivity contribution < 1.29 is 22.7 Å². The van der Waals surface area contributed by atoms with E-state index < -0.39 is 28.9 Å². The maximum atomic E-state index is 15.5. The van der Waals surface area contributed by atoms with Gasteiger partial charge in [0.15, 0.2) is 17.2 Å². The number of aromatic nitrogens is 4. The molecule has 0 aliphatic carbocycles. The predicted octanol–water partition coefficient (Wildman–Crippen LogP) is 4.90. The number of carbonyl (C=O) groups excluding carboxylic acids is 1. The molecule has 0 spiro atoms. The number of nitriles is 1. The van der Waals surface area contributed by atoms with E-state index in [1.54, 1.807) is 22.7 Å². The summed E-state index contributed by atoms with van der Waals surface area (Å²) in [5.74, 6) is -3.78. The van der Waals surface area contributed by atoms with Crippen molar-refractivity contribution in [2.24, 2.45) is 0 Å². The Morgan fingerprint density at radius 1 is 1.21 bits per heavy atom. The van der Waals surface area contributed by atoms with Gasteiger partial charge < -0.3 is 20.7 Å². The van der Waals surface area contributed by atoms with E-state index in [0.29, 0.717) is 30.4 Å². The number of benzene rings is 2. The molecular formula is C30H29F3N8O2. The molecule has 1 amide bonds.